The largest absolute Gasteiger partial charge is 0.507 e. The van der Waals surface area contributed by atoms with Crippen molar-refractivity contribution in [1.82, 2.24) is 5.43 Å². The summed E-state index contributed by atoms with van der Waals surface area (Å²) in [4.78, 5) is 12.6. The van der Waals surface area contributed by atoms with Gasteiger partial charge >= 0.3 is 0 Å². The highest BCUT2D eigenvalue weighted by molar-refractivity contribution is 7.92. The number of nitrogens with zero attached hydrogens (tertiary/aromatic N) is 2. The van der Waals surface area contributed by atoms with Gasteiger partial charge in [-0.25, -0.2) is 13.8 Å². The lowest BCUT2D eigenvalue weighted by atomic mass is 10.2. The van der Waals surface area contributed by atoms with Gasteiger partial charge in [0, 0.05) is 5.56 Å². The molecule has 0 saturated heterocycles. The van der Waals surface area contributed by atoms with Crippen molar-refractivity contribution in [3.63, 3.8) is 0 Å². The number of sulfonamides is 1. The van der Waals surface area contributed by atoms with Crippen molar-refractivity contribution >= 4 is 27.8 Å². The van der Waals surface area contributed by atoms with Crippen LogP contribution in [0.2, 0.25) is 0 Å². The van der Waals surface area contributed by atoms with E-state index in [1.165, 1.54) is 24.4 Å². The van der Waals surface area contributed by atoms with Crippen LogP contribution in [0, 0.1) is 0 Å². The topological polar surface area (TPSA) is 108 Å². The van der Waals surface area contributed by atoms with Gasteiger partial charge in [0.1, 0.15) is 18.0 Å². The zero-order valence-electron chi connectivity index (χ0n) is 17.4. The lowest BCUT2D eigenvalue weighted by molar-refractivity contribution is -0.119. The molecular formula is C23H23N3O5S. The van der Waals surface area contributed by atoms with Crippen molar-refractivity contribution in [3.05, 3.63) is 84.4 Å². The minimum atomic E-state index is -4.02. The fourth-order valence-electron chi connectivity index (χ4n) is 2.85. The highest BCUT2D eigenvalue weighted by Crippen LogP contribution is 2.25. The maximum atomic E-state index is 13.3. The third kappa shape index (κ3) is 5.64. The molecule has 166 valence electrons. The summed E-state index contributed by atoms with van der Waals surface area (Å²) in [6.45, 7) is 1.83. The summed E-state index contributed by atoms with van der Waals surface area (Å²) in [6, 6.07) is 20.8. The SMILES string of the molecule is CCOc1ccc(N(CC(=O)N/N=C\c2ccccc2O)S(=O)(=O)c2ccccc2)cc1. The predicted octanol–water partition coefficient (Wildman–Crippen LogP) is 3.14. The smallest absolute Gasteiger partial charge is 0.264 e. The number of hydrogen-bond donors (Lipinski definition) is 2. The Morgan fingerprint density at radius 2 is 1.69 bits per heavy atom. The van der Waals surface area contributed by atoms with E-state index in [2.05, 4.69) is 10.5 Å². The summed E-state index contributed by atoms with van der Waals surface area (Å²) < 4.78 is 32.9. The van der Waals surface area contributed by atoms with Gasteiger partial charge in [0.05, 0.1) is 23.4 Å². The van der Waals surface area contributed by atoms with Gasteiger partial charge in [0.15, 0.2) is 0 Å². The van der Waals surface area contributed by atoms with Gasteiger partial charge in [0.2, 0.25) is 0 Å². The Morgan fingerprint density at radius 1 is 1.03 bits per heavy atom. The Morgan fingerprint density at radius 3 is 2.34 bits per heavy atom. The van der Waals surface area contributed by atoms with E-state index in [1.807, 2.05) is 6.92 Å². The number of para-hydroxylation sites is 1. The molecular weight excluding hydrogens is 430 g/mol. The Bertz CT molecular complexity index is 1180. The number of nitrogens with one attached hydrogen (secondary N) is 1. The number of amides is 1. The van der Waals surface area contributed by atoms with Crippen LogP contribution in [0.4, 0.5) is 5.69 Å². The highest BCUT2D eigenvalue weighted by Gasteiger charge is 2.27. The van der Waals surface area contributed by atoms with Gasteiger partial charge in [-0.2, -0.15) is 5.10 Å². The second-order valence-corrected chi connectivity index (χ2v) is 8.47. The molecule has 32 heavy (non-hydrogen) atoms. The van der Waals surface area contributed by atoms with E-state index in [4.69, 9.17) is 4.74 Å². The second-order valence-electron chi connectivity index (χ2n) is 6.60. The third-order valence-electron chi connectivity index (χ3n) is 4.38. The van der Waals surface area contributed by atoms with Crippen molar-refractivity contribution < 1.29 is 23.1 Å². The van der Waals surface area contributed by atoms with Crippen LogP contribution in [-0.4, -0.2) is 38.8 Å². The maximum absolute atomic E-state index is 13.3. The number of anilines is 1. The molecule has 0 unspecified atom stereocenters. The molecule has 3 aromatic carbocycles. The minimum absolute atomic E-state index is 0.00756. The Balaban J connectivity index is 1.84. The van der Waals surface area contributed by atoms with Gasteiger partial charge in [-0.05, 0) is 55.5 Å². The van der Waals surface area contributed by atoms with Crippen LogP contribution in [0.25, 0.3) is 0 Å². The molecule has 0 spiro atoms. The first-order chi connectivity index (χ1) is 15.4. The van der Waals surface area contributed by atoms with Crippen LogP contribution in [0.5, 0.6) is 11.5 Å². The first-order valence-electron chi connectivity index (χ1n) is 9.82. The maximum Gasteiger partial charge on any atom is 0.264 e. The summed E-state index contributed by atoms with van der Waals surface area (Å²) in [5.41, 5.74) is 3.02. The predicted molar refractivity (Wildman–Crippen MR) is 122 cm³/mol. The Labute approximate surface area is 186 Å². The molecule has 3 aromatic rings. The zero-order chi connectivity index (χ0) is 23.0. The van der Waals surface area contributed by atoms with Gasteiger partial charge in [-0.1, -0.05) is 30.3 Å². The molecule has 0 aliphatic carbocycles. The molecule has 0 aliphatic rings. The first kappa shape index (κ1) is 22.8. The number of benzene rings is 3. The van der Waals surface area contributed by atoms with E-state index in [-0.39, 0.29) is 10.6 Å². The monoisotopic (exact) mass is 453 g/mol. The molecule has 3 rings (SSSR count). The average Bonchev–Trinajstić information content (AvgIpc) is 2.80. The first-order valence-corrected chi connectivity index (χ1v) is 11.3. The van der Waals surface area contributed by atoms with E-state index < -0.39 is 22.5 Å². The van der Waals surface area contributed by atoms with E-state index in [0.717, 1.165) is 4.31 Å². The average molecular weight is 454 g/mol. The Kier molecular flexibility index (Phi) is 7.45. The molecule has 1 amide bonds. The van der Waals surface area contributed by atoms with Crippen LogP contribution >= 0.6 is 0 Å². The molecule has 9 heteroatoms. The molecule has 8 nitrogen and oxygen atoms in total. The molecule has 2 N–H and O–H groups in total. The minimum Gasteiger partial charge on any atom is -0.507 e. The molecule has 0 bridgehead atoms. The molecule has 0 heterocycles. The molecule has 0 aromatic heterocycles. The van der Waals surface area contributed by atoms with Crippen molar-refractivity contribution in [3.8, 4) is 11.5 Å². The van der Waals surface area contributed by atoms with Gasteiger partial charge in [0.25, 0.3) is 15.9 Å². The van der Waals surface area contributed by atoms with Gasteiger partial charge < -0.3 is 9.84 Å². The van der Waals surface area contributed by atoms with Gasteiger partial charge in [-0.3, -0.25) is 9.10 Å². The number of aromatic hydroxyl groups is 1. The summed E-state index contributed by atoms with van der Waals surface area (Å²) in [5, 5.41) is 13.6. The number of phenols is 1. The second kappa shape index (κ2) is 10.5. The van der Waals surface area contributed by atoms with Crippen LogP contribution in [-0.2, 0) is 14.8 Å². The number of carbonyl (C=O) groups excluding carboxylic acids is 1. The summed E-state index contributed by atoms with van der Waals surface area (Å²) in [5.74, 6) is -0.0525. The number of phenolic OH excluding ortho intramolecular Hbond substituents is 1. The fourth-order valence-corrected chi connectivity index (χ4v) is 4.29. The number of hydrogen-bond acceptors (Lipinski definition) is 6. The number of ether oxygens (including phenoxy) is 1. The molecule has 0 atom stereocenters. The highest BCUT2D eigenvalue weighted by atomic mass is 32.2. The quantitative estimate of drug-likeness (QED) is 0.382. The van der Waals surface area contributed by atoms with Crippen molar-refractivity contribution in [2.45, 2.75) is 11.8 Å². The normalized spacial score (nSPS) is 11.3. The molecule has 0 aliphatic heterocycles. The van der Waals surface area contributed by atoms with E-state index >= 15 is 0 Å². The lowest BCUT2D eigenvalue weighted by Gasteiger charge is -2.24. The summed E-state index contributed by atoms with van der Waals surface area (Å²) in [6.07, 6.45) is 1.28. The van der Waals surface area contributed by atoms with Crippen LogP contribution in [0.1, 0.15) is 12.5 Å². The van der Waals surface area contributed by atoms with Crippen LogP contribution < -0.4 is 14.5 Å². The van der Waals surface area contributed by atoms with Gasteiger partial charge in [-0.15, -0.1) is 0 Å². The van der Waals surface area contributed by atoms with E-state index in [9.17, 15) is 18.3 Å². The zero-order valence-corrected chi connectivity index (χ0v) is 18.2. The van der Waals surface area contributed by atoms with E-state index in [1.54, 1.807) is 60.7 Å². The third-order valence-corrected chi connectivity index (χ3v) is 6.17. The molecule has 0 radical (unpaired) electrons. The summed E-state index contributed by atoms with van der Waals surface area (Å²) in [7, 11) is -4.02. The lowest BCUT2D eigenvalue weighted by Crippen LogP contribution is -2.39. The molecule has 0 saturated carbocycles. The van der Waals surface area contributed by atoms with Crippen molar-refractivity contribution in [2.75, 3.05) is 17.5 Å². The van der Waals surface area contributed by atoms with Crippen LogP contribution in [0.3, 0.4) is 0 Å². The molecule has 0 fully saturated rings. The number of hydrazone groups is 1. The van der Waals surface area contributed by atoms with E-state index in [0.29, 0.717) is 23.6 Å². The standard InChI is InChI=1S/C23H23N3O5S/c1-2-31-20-14-12-19(13-15-20)26(32(29,30)21-9-4-3-5-10-21)17-23(28)25-24-16-18-8-6-7-11-22(18)27/h3-16,27H,2,17H2,1H3,(H,25,28)/b24-16-. The number of rotatable bonds is 9. The summed E-state index contributed by atoms with van der Waals surface area (Å²) >= 11 is 0. The fraction of sp³-hybridized carbons (Fsp3) is 0.130. The van der Waals surface area contributed by atoms with Crippen molar-refractivity contribution in [1.29, 1.82) is 0 Å². The van der Waals surface area contributed by atoms with Crippen molar-refractivity contribution in [2.24, 2.45) is 5.10 Å². The number of carbonyl (C=O) groups is 1. The Hall–Kier alpha value is -3.85. The van der Waals surface area contributed by atoms with Crippen LogP contribution in [0.15, 0.2) is 88.9 Å².